The van der Waals surface area contributed by atoms with Gasteiger partial charge >= 0.3 is 0 Å². The standard InChI is InChI=1S/C12H13ClFNO4S/c13-10-2-1-8(5-11(10)14)6-15-4-3-9(12(15)16)7-20(17,18)19/h1-2,5,9H,3-4,6-7H2,(H,17,18,19)/t9-/m1/s1. The smallest absolute Gasteiger partial charge is 0.265 e. The van der Waals surface area contributed by atoms with E-state index in [0.29, 0.717) is 18.5 Å². The summed E-state index contributed by atoms with van der Waals surface area (Å²) in [6, 6.07) is 4.25. The average molecular weight is 322 g/mol. The molecule has 0 unspecified atom stereocenters. The molecule has 0 saturated carbocycles. The predicted octanol–water partition coefficient (Wildman–Crippen LogP) is 1.72. The van der Waals surface area contributed by atoms with E-state index >= 15 is 0 Å². The Morgan fingerprint density at radius 2 is 2.15 bits per heavy atom. The fourth-order valence-electron chi connectivity index (χ4n) is 2.23. The molecule has 20 heavy (non-hydrogen) atoms. The zero-order valence-corrected chi connectivity index (χ0v) is 12.0. The minimum atomic E-state index is -4.17. The molecule has 0 radical (unpaired) electrons. The highest BCUT2D eigenvalue weighted by molar-refractivity contribution is 7.85. The van der Waals surface area contributed by atoms with Crippen molar-refractivity contribution in [2.24, 2.45) is 5.92 Å². The van der Waals surface area contributed by atoms with Gasteiger partial charge in [-0.15, -0.1) is 0 Å². The summed E-state index contributed by atoms with van der Waals surface area (Å²) in [5, 5.41) is 0.00532. The summed E-state index contributed by atoms with van der Waals surface area (Å²) in [7, 11) is -4.17. The third kappa shape index (κ3) is 3.68. The number of carbonyl (C=O) groups is 1. The number of nitrogens with zero attached hydrogens (tertiary/aromatic N) is 1. The molecule has 1 aromatic carbocycles. The summed E-state index contributed by atoms with van der Waals surface area (Å²) in [6.45, 7) is 0.568. The highest BCUT2D eigenvalue weighted by Gasteiger charge is 2.34. The maximum Gasteiger partial charge on any atom is 0.265 e. The Balaban J connectivity index is 2.04. The van der Waals surface area contributed by atoms with Crippen molar-refractivity contribution in [3.05, 3.63) is 34.6 Å². The van der Waals surface area contributed by atoms with Crippen LogP contribution in [0.4, 0.5) is 4.39 Å². The van der Waals surface area contributed by atoms with Crippen molar-refractivity contribution in [2.75, 3.05) is 12.3 Å². The highest BCUT2D eigenvalue weighted by atomic mass is 35.5. The van der Waals surface area contributed by atoms with Gasteiger partial charge in [0.25, 0.3) is 10.1 Å². The molecular weight excluding hydrogens is 309 g/mol. The van der Waals surface area contributed by atoms with E-state index in [2.05, 4.69) is 0 Å². The van der Waals surface area contributed by atoms with E-state index in [9.17, 15) is 17.6 Å². The molecule has 0 bridgehead atoms. The number of hydrogen-bond donors (Lipinski definition) is 1. The van der Waals surface area contributed by atoms with Gasteiger partial charge in [0.1, 0.15) is 5.82 Å². The Morgan fingerprint density at radius 1 is 1.45 bits per heavy atom. The quantitative estimate of drug-likeness (QED) is 0.857. The molecule has 1 aliphatic heterocycles. The minimum Gasteiger partial charge on any atom is -0.338 e. The van der Waals surface area contributed by atoms with E-state index in [1.54, 1.807) is 6.07 Å². The molecule has 0 aliphatic carbocycles. The molecule has 2 rings (SSSR count). The number of likely N-dealkylation sites (tertiary alicyclic amines) is 1. The third-order valence-electron chi connectivity index (χ3n) is 3.18. The van der Waals surface area contributed by atoms with Crippen molar-refractivity contribution in [1.82, 2.24) is 4.90 Å². The van der Waals surface area contributed by atoms with Crippen LogP contribution in [0.2, 0.25) is 5.02 Å². The van der Waals surface area contributed by atoms with E-state index in [1.807, 2.05) is 0 Å². The molecule has 1 atom stereocenters. The highest BCUT2D eigenvalue weighted by Crippen LogP contribution is 2.23. The predicted molar refractivity (Wildman–Crippen MR) is 71.3 cm³/mol. The Morgan fingerprint density at radius 3 is 2.75 bits per heavy atom. The zero-order chi connectivity index (χ0) is 14.9. The molecular formula is C12H13ClFNO4S. The molecule has 0 aromatic heterocycles. The maximum absolute atomic E-state index is 13.3. The fraction of sp³-hybridized carbons (Fsp3) is 0.417. The van der Waals surface area contributed by atoms with E-state index in [4.69, 9.17) is 16.2 Å². The topological polar surface area (TPSA) is 74.7 Å². The molecule has 110 valence electrons. The summed E-state index contributed by atoms with van der Waals surface area (Å²) < 4.78 is 43.7. The summed E-state index contributed by atoms with van der Waals surface area (Å²) >= 11 is 5.57. The van der Waals surface area contributed by atoms with Crippen molar-refractivity contribution in [1.29, 1.82) is 0 Å². The Labute approximate surface area is 121 Å². The Bertz CT molecular complexity index is 634. The lowest BCUT2D eigenvalue weighted by Crippen LogP contribution is -2.29. The second kappa shape index (κ2) is 5.67. The van der Waals surface area contributed by atoms with Crippen LogP contribution >= 0.6 is 11.6 Å². The first-order chi connectivity index (χ1) is 9.26. The van der Waals surface area contributed by atoms with Crippen molar-refractivity contribution in [3.63, 3.8) is 0 Å². The lowest BCUT2D eigenvalue weighted by atomic mass is 10.1. The third-order valence-corrected chi connectivity index (χ3v) is 4.31. The van der Waals surface area contributed by atoms with Gasteiger partial charge < -0.3 is 4.90 Å². The lowest BCUT2D eigenvalue weighted by Gasteiger charge is -2.16. The number of amides is 1. The van der Waals surface area contributed by atoms with Gasteiger partial charge in [-0.3, -0.25) is 9.35 Å². The van der Waals surface area contributed by atoms with Gasteiger partial charge in [0, 0.05) is 13.1 Å². The largest absolute Gasteiger partial charge is 0.338 e. The van der Waals surface area contributed by atoms with Gasteiger partial charge in [-0.05, 0) is 24.1 Å². The van der Waals surface area contributed by atoms with Gasteiger partial charge in [-0.1, -0.05) is 17.7 Å². The van der Waals surface area contributed by atoms with Gasteiger partial charge in [0.2, 0.25) is 5.91 Å². The molecule has 1 aliphatic rings. The van der Waals surface area contributed by atoms with Gasteiger partial charge in [0.15, 0.2) is 0 Å². The fourth-order valence-corrected chi connectivity index (χ4v) is 3.16. The van der Waals surface area contributed by atoms with Crippen LogP contribution in [0, 0.1) is 11.7 Å². The van der Waals surface area contributed by atoms with E-state index < -0.39 is 27.6 Å². The first kappa shape index (κ1) is 15.2. The molecule has 8 heteroatoms. The van der Waals surface area contributed by atoms with Crippen LogP contribution < -0.4 is 0 Å². The van der Waals surface area contributed by atoms with Crippen LogP contribution in [-0.4, -0.2) is 36.1 Å². The summed E-state index contributed by atoms with van der Waals surface area (Å²) in [5.74, 6) is -2.22. The Kier molecular flexibility index (Phi) is 4.31. The van der Waals surface area contributed by atoms with Gasteiger partial charge in [-0.2, -0.15) is 8.42 Å². The van der Waals surface area contributed by atoms with Crippen molar-refractivity contribution < 1.29 is 22.2 Å². The molecule has 1 N–H and O–H groups in total. The first-order valence-electron chi connectivity index (χ1n) is 5.94. The molecule has 1 amide bonds. The number of hydrogen-bond acceptors (Lipinski definition) is 3. The van der Waals surface area contributed by atoms with Crippen LogP contribution in [0.15, 0.2) is 18.2 Å². The number of carbonyl (C=O) groups excluding carboxylic acids is 1. The maximum atomic E-state index is 13.3. The van der Waals surface area contributed by atoms with E-state index in [-0.39, 0.29) is 17.5 Å². The second-order valence-electron chi connectivity index (χ2n) is 4.74. The summed E-state index contributed by atoms with van der Waals surface area (Å²) in [5.41, 5.74) is 0.577. The van der Waals surface area contributed by atoms with Crippen molar-refractivity contribution >= 4 is 27.6 Å². The van der Waals surface area contributed by atoms with Crippen LogP contribution in [0.3, 0.4) is 0 Å². The molecule has 1 heterocycles. The summed E-state index contributed by atoms with van der Waals surface area (Å²) in [4.78, 5) is 13.4. The van der Waals surface area contributed by atoms with Crippen molar-refractivity contribution in [2.45, 2.75) is 13.0 Å². The molecule has 5 nitrogen and oxygen atoms in total. The monoisotopic (exact) mass is 321 g/mol. The van der Waals surface area contributed by atoms with Crippen molar-refractivity contribution in [3.8, 4) is 0 Å². The van der Waals surface area contributed by atoms with Crippen LogP contribution in [0.25, 0.3) is 0 Å². The average Bonchev–Trinajstić information content (AvgIpc) is 2.65. The first-order valence-corrected chi connectivity index (χ1v) is 7.93. The van der Waals surface area contributed by atoms with Gasteiger partial charge in [0.05, 0.1) is 16.7 Å². The van der Waals surface area contributed by atoms with Gasteiger partial charge in [-0.25, -0.2) is 4.39 Å². The van der Waals surface area contributed by atoms with E-state index in [0.717, 1.165) is 0 Å². The molecule has 1 saturated heterocycles. The summed E-state index contributed by atoms with van der Waals surface area (Å²) in [6.07, 6.45) is 0.356. The normalized spacial score (nSPS) is 19.6. The number of rotatable bonds is 4. The minimum absolute atomic E-state index is 0.00532. The molecule has 0 spiro atoms. The van der Waals surface area contributed by atoms with E-state index in [1.165, 1.54) is 17.0 Å². The second-order valence-corrected chi connectivity index (χ2v) is 6.65. The SMILES string of the molecule is O=C1[C@@H](CS(=O)(=O)O)CCN1Cc1ccc(Cl)c(F)c1. The molecule has 1 aromatic rings. The van der Waals surface area contributed by atoms with Crippen LogP contribution in [0.5, 0.6) is 0 Å². The number of halogens is 2. The molecule has 1 fully saturated rings. The number of benzene rings is 1. The van der Waals surface area contributed by atoms with Crippen LogP contribution in [0.1, 0.15) is 12.0 Å². The zero-order valence-electron chi connectivity index (χ0n) is 10.4. The van der Waals surface area contributed by atoms with Crippen LogP contribution in [-0.2, 0) is 21.5 Å². The lowest BCUT2D eigenvalue weighted by molar-refractivity contribution is -0.130. The Hall–Kier alpha value is -1.18.